The number of thiophene rings is 1. The Balaban J connectivity index is 2.04. The Morgan fingerprint density at radius 1 is 0.667 bits per heavy atom. The van der Waals surface area contributed by atoms with Crippen LogP contribution in [-0.4, -0.2) is 0 Å². The van der Waals surface area contributed by atoms with Crippen LogP contribution in [-0.2, 0) is 0 Å². The van der Waals surface area contributed by atoms with Crippen LogP contribution < -0.4 is 4.40 Å². The number of nitrogens with zero attached hydrogens (tertiary/aromatic N) is 1. The topological polar surface area (TPSA) is 4.10 Å². The van der Waals surface area contributed by atoms with Gasteiger partial charge in [0.05, 0.1) is 5.39 Å². The lowest BCUT2D eigenvalue weighted by Crippen LogP contribution is -2.19. The first-order chi connectivity index (χ1) is 10.4. The first-order valence-corrected chi connectivity index (χ1v) is 7.86. The number of aromatic nitrogens is 1. The third-order valence-electron chi connectivity index (χ3n) is 4.13. The van der Waals surface area contributed by atoms with E-state index in [9.17, 15) is 0 Å². The molecule has 0 unspecified atom stereocenters. The van der Waals surface area contributed by atoms with E-state index in [0.717, 1.165) is 0 Å². The molecule has 0 radical (unpaired) electrons. The molecule has 0 saturated heterocycles. The van der Waals surface area contributed by atoms with Crippen molar-refractivity contribution in [1.82, 2.24) is 0 Å². The Labute approximate surface area is 125 Å². The maximum Gasteiger partial charge on any atom is 0.218 e. The van der Waals surface area contributed by atoms with Crippen LogP contribution in [0.1, 0.15) is 0 Å². The summed E-state index contributed by atoms with van der Waals surface area (Å²) in [5, 5.41) is 5.35. The molecular weight excluding hydrogens is 274 g/mol. The van der Waals surface area contributed by atoms with E-state index in [-0.39, 0.29) is 0 Å². The zero-order chi connectivity index (χ0) is 13.8. The van der Waals surface area contributed by atoms with Crippen LogP contribution in [0.3, 0.4) is 0 Å². The second-order valence-corrected chi connectivity index (χ2v) is 6.43. The summed E-state index contributed by atoms with van der Waals surface area (Å²) in [6, 6.07) is 21.9. The summed E-state index contributed by atoms with van der Waals surface area (Å²) >= 11 is 1.88. The van der Waals surface area contributed by atoms with Crippen molar-refractivity contribution >= 4 is 47.8 Å². The molecule has 0 aliphatic heterocycles. The Morgan fingerprint density at radius 3 is 2.57 bits per heavy atom. The molecule has 3 aromatic heterocycles. The second-order valence-electron chi connectivity index (χ2n) is 5.34. The van der Waals surface area contributed by atoms with Crippen LogP contribution >= 0.6 is 11.3 Å². The van der Waals surface area contributed by atoms with E-state index in [0.29, 0.717) is 0 Å². The van der Waals surface area contributed by atoms with Crippen molar-refractivity contribution in [2.24, 2.45) is 0 Å². The van der Waals surface area contributed by atoms with Gasteiger partial charge in [-0.3, -0.25) is 0 Å². The number of pyridine rings is 2. The molecule has 98 valence electrons. The van der Waals surface area contributed by atoms with Crippen molar-refractivity contribution < 1.29 is 4.40 Å². The van der Waals surface area contributed by atoms with E-state index in [4.69, 9.17) is 0 Å². The number of rotatable bonds is 0. The lowest BCUT2D eigenvalue weighted by Gasteiger charge is -1.99. The molecule has 0 amide bonds. The SMILES string of the molecule is c1ccc2c(c1)sc1cc3c(cc[n+]4ccccc34)cc12. The number of benzene rings is 2. The molecule has 0 aliphatic rings. The highest BCUT2D eigenvalue weighted by molar-refractivity contribution is 7.25. The number of hydrogen-bond acceptors (Lipinski definition) is 1. The quantitative estimate of drug-likeness (QED) is 0.280. The van der Waals surface area contributed by atoms with Gasteiger partial charge in [-0.15, -0.1) is 11.3 Å². The molecule has 1 nitrogen and oxygen atoms in total. The third kappa shape index (κ3) is 1.54. The fraction of sp³-hybridized carbons (Fsp3) is 0. The largest absolute Gasteiger partial charge is 0.218 e. The summed E-state index contributed by atoms with van der Waals surface area (Å²) in [5.41, 5.74) is 1.26. The minimum Gasteiger partial charge on any atom is -0.167 e. The van der Waals surface area contributed by atoms with E-state index in [1.54, 1.807) is 0 Å². The molecule has 0 atom stereocenters. The fourth-order valence-electron chi connectivity index (χ4n) is 3.12. The summed E-state index contributed by atoms with van der Waals surface area (Å²) < 4.78 is 4.90. The highest BCUT2D eigenvalue weighted by atomic mass is 32.1. The molecule has 21 heavy (non-hydrogen) atoms. The van der Waals surface area contributed by atoms with Gasteiger partial charge < -0.3 is 0 Å². The summed E-state index contributed by atoms with van der Waals surface area (Å²) in [4.78, 5) is 0. The van der Waals surface area contributed by atoms with E-state index in [2.05, 4.69) is 77.5 Å². The van der Waals surface area contributed by atoms with Gasteiger partial charge in [0.15, 0.2) is 12.4 Å². The van der Waals surface area contributed by atoms with Crippen LogP contribution in [0.5, 0.6) is 0 Å². The molecule has 0 spiro atoms. The van der Waals surface area contributed by atoms with Crippen LogP contribution in [0.4, 0.5) is 0 Å². The smallest absolute Gasteiger partial charge is 0.167 e. The molecule has 2 aromatic carbocycles. The van der Waals surface area contributed by atoms with Gasteiger partial charge in [-0.25, -0.2) is 0 Å². The van der Waals surface area contributed by atoms with Gasteiger partial charge in [0.2, 0.25) is 5.52 Å². The van der Waals surface area contributed by atoms with Gasteiger partial charge in [-0.1, -0.05) is 18.2 Å². The minimum absolute atomic E-state index is 1.26. The Morgan fingerprint density at radius 2 is 1.57 bits per heavy atom. The predicted molar refractivity (Wildman–Crippen MR) is 90.0 cm³/mol. The summed E-state index contributed by atoms with van der Waals surface area (Å²) in [6.07, 6.45) is 4.24. The van der Waals surface area contributed by atoms with E-state index < -0.39 is 0 Å². The van der Waals surface area contributed by atoms with Crippen LogP contribution in [0.15, 0.2) is 73.1 Å². The summed E-state index contributed by atoms with van der Waals surface area (Å²) in [7, 11) is 0. The van der Waals surface area contributed by atoms with Gasteiger partial charge >= 0.3 is 0 Å². The van der Waals surface area contributed by atoms with Gasteiger partial charge in [0.1, 0.15) is 0 Å². The Kier molecular flexibility index (Phi) is 2.15. The molecule has 3 heterocycles. The monoisotopic (exact) mass is 286 g/mol. The third-order valence-corrected chi connectivity index (χ3v) is 5.26. The lowest BCUT2D eigenvalue weighted by molar-refractivity contribution is -0.510. The highest BCUT2D eigenvalue weighted by Gasteiger charge is 2.11. The molecule has 0 N–H and O–H groups in total. The molecule has 0 bridgehead atoms. The summed E-state index contributed by atoms with van der Waals surface area (Å²) in [5.74, 6) is 0. The van der Waals surface area contributed by atoms with Crippen molar-refractivity contribution in [1.29, 1.82) is 0 Å². The van der Waals surface area contributed by atoms with E-state index in [1.165, 1.54) is 36.5 Å². The van der Waals surface area contributed by atoms with Crippen molar-refractivity contribution in [2.75, 3.05) is 0 Å². The standard InChI is InChI=1S/C19H12NS/c1-2-7-18-14(5-1)16-11-13-8-10-20-9-4-3-6-17(20)15(13)12-19(16)21-18/h1-12H/q+1. The molecule has 0 saturated carbocycles. The molecular formula is C19H12NS+. The first kappa shape index (κ1) is 11.2. The van der Waals surface area contributed by atoms with Gasteiger partial charge in [-0.2, -0.15) is 4.40 Å². The average Bonchev–Trinajstić information content (AvgIpc) is 2.90. The van der Waals surface area contributed by atoms with Crippen LogP contribution in [0.25, 0.3) is 36.5 Å². The zero-order valence-corrected chi connectivity index (χ0v) is 12.1. The van der Waals surface area contributed by atoms with Gasteiger partial charge in [0.25, 0.3) is 0 Å². The first-order valence-electron chi connectivity index (χ1n) is 7.04. The summed E-state index contributed by atoms with van der Waals surface area (Å²) in [6.45, 7) is 0. The van der Waals surface area contributed by atoms with Crippen molar-refractivity contribution in [2.45, 2.75) is 0 Å². The van der Waals surface area contributed by atoms with Gasteiger partial charge in [0, 0.05) is 38.4 Å². The normalized spacial score (nSPS) is 11.8. The number of hydrogen-bond donors (Lipinski definition) is 0. The van der Waals surface area contributed by atoms with Crippen molar-refractivity contribution in [3.05, 3.63) is 73.1 Å². The van der Waals surface area contributed by atoms with Crippen LogP contribution in [0, 0.1) is 0 Å². The molecule has 0 fully saturated rings. The van der Waals surface area contributed by atoms with Crippen molar-refractivity contribution in [3.63, 3.8) is 0 Å². The van der Waals surface area contributed by atoms with Crippen LogP contribution in [0.2, 0.25) is 0 Å². The lowest BCUT2D eigenvalue weighted by atomic mass is 10.1. The second kappa shape index (κ2) is 4.03. The molecule has 2 heteroatoms. The van der Waals surface area contributed by atoms with Gasteiger partial charge in [-0.05, 0) is 29.7 Å². The average molecular weight is 286 g/mol. The molecule has 5 rings (SSSR count). The Bertz CT molecular complexity index is 1140. The van der Waals surface area contributed by atoms with E-state index in [1.807, 2.05) is 11.3 Å². The fourth-order valence-corrected chi connectivity index (χ4v) is 4.25. The van der Waals surface area contributed by atoms with Crippen molar-refractivity contribution in [3.8, 4) is 0 Å². The minimum atomic E-state index is 1.26. The number of fused-ring (bicyclic) bond motifs is 6. The zero-order valence-electron chi connectivity index (χ0n) is 11.3. The maximum absolute atomic E-state index is 2.34. The Hall–Kier alpha value is -2.45. The maximum atomic E-state index is 2.34. The van der Waals surface area contributed by atoms with E-state index >= 15 is 0 Å². The molecule has 5 aromatic rings. The molecule has 0 aliphatic carbocycles. The predicted octanol–water partition coefficient (Wildman–Crippen LogP) is 4.95. The highest BCUT2D eigenvalue weighted by Crippen LogP contribution is 2.36.